The summed E-state index contributed by atoms with van der Waals surface area (Å²) < 4.78 is 0. The maximum Gasteiger partial charge on any atom is 0.269 e. The van der Waals surface area contributed by atoms with Gasteiger partial charge in [0.15, 0.2) is 0 Å². The molecule has 2 N–H and O–H groups in total. The van der Waals surface area contributed by atoms with Gasteiger partial charge in [0.1, 0.15) is 6.04 Å². The number of unbranched alkanes of at least 4 members (excludes halogenated alkanes) is 7. The van der Waals surface area contributed by atoms with Crippen molar-refractivity contribution in [2.24, 2.45) is 5.92 Å². The zero-order valence-corrected chi connectivity index (χ0v) is 22.4. The highest BCUT2D eigenvalue weighted by Crippen LogP contribution is 2.36. The number of amides is 2. The fourth-order valence-electron chi connectivity index (χ4n) is 5.42. The molecule has 4 unspecified atom stereocenters. The van der Waals surface area contributed by atoms with E-state index in [0.717, 1.165) is 19.3 Å². The number of aliphatic hydroxyl groups excluding tert-OH is 1. The Balaban J connectivity index is 1.50. The molecule has 9 nitrogen and oxygen atoms in total. The highest BCUT2D eigenvalue weighted by molar-refractivity contribution is 6.24. The molecule has 0 aliphatic carbocycles. The van der Waals surface area contributed by atoms with Crippen molar-refractivity contribution < 1.29 is 19.6 Å². The SMILES string of the molecule is CCCCCCCCCCC(O)C1C=CC2C(=O)N(c3ccccc3)C(=O)C2N1Nc1ccc([N+](=O)[O-])cc1. The number of hydrazine groups is 1. The number of carbonyl (C=O) groups is 2. The number of nitro benzene ring substituents is 1. The first-order valence-electron chi connectivity index (χ1n) is 14.0. The molecule has 1 saturated heterocycles. The van der Waals surface area contributed by atoms with Crippen LogP contribution in [0.15, 0.2) is 66.7 Å². The average molecular weight is 535 g/mol. The lowest BCUT2D eigenvalue weighted by Gasteiger charge is -2.40. The molecule has 4 rings (SSSR count). The number of rotatable bonds is 14. The minimum atomic E-state index is -0.865. The maximum absolute atomic E-state index is 13.7. The Labute approximate surface area is 229 Å². The number of hydrogen-bond donors (Lipinski definition) is 2. The van der Waals surface area contributed by atoms with Crippen molar-refractivity contribution in [1.82, 2.24) is 5.01 Å². The number of nitrogens with zero attached hydrogens (tertiary/aromatic N) is 3. The van der Waals surface area contributed by atoms with Crippen LogP contribution in [0.4, 0.5) is 17.1 Å². The van der Waals surface area contributed by atoms with Crippen LogP contribution in [0.2, 0.25) is 0 Å². The van der Waals surface area contributed by atoms with Crippen LogP contribution in [0, 0.1) is 16.0 Å². The van der Waals surface area contributed by atoms with E-state index in [4.69, 9.17) is 0 Å². The molecule has 4 atom stereocenters. The van der Waals surface area contributed by atoms with Crippen molar-refractivity contribution in [1.29, 1.82) is 0 Å². The topological polar surface area (TPSA) is 116 Å². The van der Waals surface area contributed by atoms with E-state index in [1.54, 1.807) is 53.6 Å². The predicted molar refractivity (Wildman–Crippen MR) is 151 cm³/mol. The lowest BCUT2D eigenvalue weighted by atomic mass is 9.91. The number of non-ortho nitro benzene ring substituents is 1. The molecule has 0 spiro atoms. The molecule has 2 aromatic carbocycles. The van der Waals surface area contributed by atoms with Crippen LogP contribution in [0.3, 0.4) is 0 Å². The normalized spacial score (nSPS) is 21.7. The molecule has 208 valence electrons. The fraction of sp³-hybridized carbons (Fsp3) is 0.467. The molecule has 2 aliphatic rings. The third kappa shape index (κ3) is 6.72. The van der Waals surface area contributed by atoms with Crippen LogP contribution in [-0.4, -0.2) is 45.0 Å². The Kier molecular flexibility index (Phi) is 9.84. The molecule has 2 aliphatic heterocycles. The first-order chi connectivity index (χ1) is 18.9. The second-order valence-corrected chi connectivity index (χ2v) is 10.3. The molecule has 2 aromatic rings. The Morgan fingerprint density at radius 2 is 1.54 bits per heavy atom. The quantitative estimate of drug-likeness (QED) is 0.106. The molecular formula is C30H38N4O5. The highest BCUT2D eigenvalue weighted by Gasteiger charge is 2.54. The zero-order chi connectivity index (χ0) is 27.8. The molecule has 2 heterocycles. The van der Waals surface area contributed by atoms with Gasteiger partial charge in [0.25, 0.3) is 11.6 Å². The summed E-state index contributed by atoms with van der Waals surface area (Å²) in [5, 5.41) is 24.0. The number of para-hydroxylation sites is 1. The minimum absolute atomic E-state index is 0.0504. The standard InChI is InChI=1S/C30H38N4O5/c1-2-3-4-5-6-7-8-12-15-27(35)26-21-20-25-28(30(37)32(29(25)36)23-13-10-9-11-14-23)33(26)31-22-16-18-24(19-17-22)34(38)39/h9-11,13-14,16-21,25-28,31,35H,2-8,12,15H2,1H3. The van der Waals surface area contributed by atoms with E-state index in [0.29, 0.717) is 17.8 Å². The third-order valence-corrected chi connectivity index (χ3v) is 7.55. The summed E-state index contributed by atoms with van der Waals surface area (Å²) in [5.41, 5.74) is 4.18. The monoisotopic (exact) mass is 534 g/mol. The van der Waals surface area contributed by atoms with Gasteiger partial charge in [0.05, 0.1) is 28.7 Å². The average Bonchev–Trinajstić information content (AvgIpc) is 3.20. The number of anilines is 2. The van der Waals surface area contributed by atoms with Gasteiger partial charge in [-0.05, 0) is 30.7 Å². The Bertz CT molecular complexity index is 1150. The fourth-order valence-corrected chi connectivity index (χ4v) is 5.42. The van der Waals surface area contributed by atoms with Gasteiger partial charge in [0.2, 0.25) is 5.91 Å². The van der Waals surface area contributed by atoms with Crippen molar-refractivity contribution in [3.63, 3.8) is 0 Å². The molecular weight excluding hydrogens is 496 g/mol. The Hall–Kier alpha value is -3.56. The molecule has 2 amide bonds. The van der Waals surface area contributed by atoms with Crippen LogP contribution in [0.1, 0.15) is 64.7 Å². The first kappa shape index (κ1) is 28.4. The van der Waals surface area contributed by atoms with Gasteiger partial charge in [-0.1, -0.05) is 88.6 Å². The Morgan fingerprint density at radius 3 is 2.18 bits per heavy atom. The third-order valence-electron chi connectivity index (χ3n) is 7.55. The summed E-state index contributed by atoms with van der Waals surface area (Å²) in [4.78, 5) is 38.9. The summed E-state index contributed by atoms with van der Waals surface area (Å²) in [6, 6.07) is 13.3. The van der Waals surface area contributed by atoms with Gasteiger partial charge in [-0.15, -0.1) is 0 Å². The number of nitrogens with one attached hydrogen (secondary N) is 1. The molecule has 0 bridgehead atoms. The van der Waals surface area contributed by atoms with Gasteiger partial charge < -0.3 is 10.5 Å². The van der Waals surface area contributed by atoms with E-state index in [1.807, 2.05) is 6.07 Å². The van der Waals surface area contributed by atoms with Crippen molar-refractivity contribution in [3.8, 4) is 0 Å². The molecule has 39 heavy (non-hydrogen) atoms. The van der Waals surface area contributed by atoms with Crippen molar-refractivity contribution in [3.05, 3.63) is 76.9 Å². The van der Waals surface area contributed by atoms with E-state index in [9.17, 15) is 24.8 Å². The van der Waals surface area contributed by atoms with Crippen LogP contribution < -0.4 is 10.3 Å². The van der Waals surface area contributed by atoms with E-state index in [-0.39, 0.29) is 17.5 Å². The number of aliphatic hydroxyl groups is 1. The number of hydrogen-bond acceptors (Lipinski definition) is 7. The van der Waals surface area contributed by atoms with Crippen LogP contribution in [0.5, 0.6) is 0 Å². The van der Waals surface area contributed by atoms with Crippen molar-refractivity contribution in [2.75, 3.05) is 10.3 Å². The lowest BCUT2D eigenvalue weighted by molar-refractivity contribution is -0.384. The zero-order valence-electron chi connectivity index (χ0n) is 22.4. The molecule has 0 radical (unpaired) electrons. The Morgan fingerprint density at radius 1 is 0.897 bits per heavy atom. The smallest absolute Gasteiger partial charge is 0.269 e. The maximum atomic E-state index is 13.7. The van der Waals surface area contributed by atoms with E-state index < -0.39 is 29.0 Å². The van der Waals surface area contributed by atoms with Gasteiger partial charge in [-0.25, -0.2) is 9.91 Å². The summed E-state index contributed by atoms with van der Waals surface area (Å²) >= 11 is 0. The number of fused-ring (bicyclic) bond motifs is 1. The molecule has 0 aromatic heterocycles. The first-order valence-corrected chi connectivity index (χ1v) is 14.0. The summed E-state index contributed by atoms with van der Waals surface area (Å²) in [7, 11) is 0. The highest BCUT2D eigenvalue weighted by atomic mass is 16.6. The van der Waals surface area contributed by atoms with Crippen LogP contribution >= 0.6 is 0 Å². The van der Waals surface area contributed by atoms with Gasteiger partial charge in [0, 0.05) is 17.8 Å². The van der Waals surface area contributed by atoms with Crippen LogP contribution in [0.25, 0.3) is 0 Å². The second kappa shape index (κ2) is 13.5. The second-order valence-electron chi connectivity index (χ2n) is 10.3. The molecule has 1 fully saturated rings. The minimum Gasteiger partial charge on any atom is -0.391 e. The number of imide groups is 1. The summed E-state index contributed by atoms with van der Waals surface area (Å²) in [6.07, 6.45) is 12.6. The van der Waals surface area contributed by atoms with E-state index >= 15 is 0 Å². The lowest BCUT2D eigenvalue weighted by Crippen LogP contribution is -2.57. The van der Waals surface area contributed by atoms with Gasteiger partial charge >= 0.3 is 0 Å². The molecule has 0 saturated carbocycles. The predicted octanol–water partition coefficient (Wildman–Crippen LogP) is 5.61. The number of nitro groups is 1. The number of carbonyl (C=O) groups excluding carboxylic acids is 2. The summed E-state index contributed by atoms with van der Waals surface area (Å²) in [5.74, 6) is -1.41. The van der Waals surface area contributed by atoms with Crippen molar-refractivity contribution >= 4 is 28.9 Å². The van der Waals surface area contributed by atoms with Crippen molar-refractivity contribution in [2.45, 2.75) is 82.9 Å². The van der Waals surface area contributed by atoms with E-state index in [2.05, 4.69) is 12.3 Å². The molecule has 9 heteroatoms. The van der Waals surface area contributed by atoms with Gasteiger partial charge in [-0.2, -0.15) is 0 Å². The van der Waals surface area contributed by atoms with Crippen LogP contribution in [-0.2, 0) is 9.59 Å². The largest absolute Gasteiger partial charge is 0.391 e. The summed E-state index contributed by atoms with van der Waals surface area (Å²) in [6.45, 7) is 2.21. The van der Waals surface area contributed by atoms with E-state index in [1.165, 1.54) is 49.1 Å². The number of benzene rings is 2. The van der Waals surface area contributed by atoms with Gasteiger partial charge in [-0.3, -0.25) is 19.7 Å².